The lowest BCUT2D eigenvalue weighted by molar-refractivity contribution is -0.122. The molecule has 2 aromatic heterocycles. The molecule has 0 saturated heterocycles. The summed E-state index contributed by atoms with van der Waals surface area (Å²) in [5.74, 6) is 2.10. The summed E-state index contributed by atoms with van der Waals surface area (Å²) in [6.45, 7) is 0.542. The summed E-state index contributed by atoms with van der Waals surface area (Å²) < 4.78 is 10.6. The molecule has 0 radical (unpaired) electrons. The van der Waals surface area contributed by atoms with Crippen molar-refractivity contribution in [1.82, 2.24) is 15.5 Å². The molecule has 7 heteroatoms. The van der Waals surface area contributed by atoms with Crippen molar-refractivity contribution < 1.29 is 14.1 Å². The fourth-order valence-corrected chi connectivity index (χ4v) is 3.33. The van der Waals surface area contributed by atoms with E-state index in [1.807, 2.05) is 36.4 Å². The Labute approximate surface area is 148 Å². The average Bonchev–Trinajstić information content (AvgIpc) is 3.19. The number of carbonyl (C=O) groups is 1. The van der Waals surface area contributed by atoms with Gasteiger partial charge in [-0.1, -0.05) is 11.2 Å². The molecular formula is C18H17N3O3S. The van der Waals surface area contributed by atoms with Crippen molar-refractivity contribution in [3.05, 3.63) is 41.3 Å². The van der Waals surface area contributed by atoms with Gasteiger partial charge in [0.2, 0.25) is 11.7 Å². The quantitative estimate of drug-likeness (QED) is 0.732. The molecule has 1 N–H and O–H groups in total. The van der Waals surface area contributed by atoms with Gasteiger partial charge in [0.1, 0.15) is 5.75 Å². The van der Waals surface area contributed by atoms with E-state index in [0.29, 0.717) is 18.3 Å². The van der Waals surface area contributed by atoms with Crippen LogP contribution in [0.3, 0.4) is 0 Å². The fraction of sp³-hybridized carbons (Fsp3) is 0.278. The van der Waals surface area contributed by atoms with E-state index < -0.39 is 0 Å². The van der Waals surface area contributed by atoms with E-state index in [-0.39, 0.29) is 11.8 Å². The van der Waals surface area contributed by atoms with Crippen LogP contribution in [0.4, 0.5) is 0 Å². The van der Waals surface area contributed by atoms with Crippen LogP contribution in [-0.2, 0) is 11.3 Å². The first-order valence-electron chi connectivity index (χ1n) is 8.08. The van der Waals surface area contributed by atoms with Crippen LogP contribution in [0.2, 0.25) is 0 Å². The number of nitrogens with zero attached hydrogens (tertiary/aromatic N) is 2. The average molecular weight is 355 g/mol. The van der Waals surface area contributed by atoms with Crippen LogP contribution in [0.5, 0.6) is 5.75 Å². The van der Waals surface area contributed by atoms with Crippen LogP contribution in [-0.4, -0.2) is 23.2 Å². The van der Waals surface area contributed by atoms with Crippen molar-refractivity contribution in [2.75, 3.05) is 7.11 Å². The molecule has 3 aromatic rings. The number of amides is 1. The van der Waals surface area contributed by atoms with Gasteiger partial charge in [0, 0.05) is 16.4 Å². The third-order valence-electron chi connectivity index (χ3n) is 4.01. The number of hydrogen-bond donors (Lipinski definition) is 1. The standard InChI is InChI=1S/C18H17N3O3S/c1-23-13-4-2-3-12(9-13)18-20-16(21-24-18)15-8-7-14(25-15)10-19-17(22)11-5-6-11/h2-4,7-9,11H,5-6,10H2,1H3,(H,19,22). The Hall–Kier alpha value is -2.67. The SMILES string of the molecule is COc1cccc(-c2nc(-c3ccc(CNC(=O)C4CC4)s3)no2)c1. The molecule has 2 heterocycles. The first kappa shape index (κ1) is 15.8. The van der Waals surface area contributed by atoms with Crippen LogP contribution >= 0.6 is 11.3 Å². The lowest BCUT2D eigenvalue weighted by Gasteiger charge is -2.00. The highest BCUT2D eigenvalue weighted by atomic mass is 32.1. The van der Waals surface area contributed by atoms with E-state index in [2.05, 4.69) is 15.5 Å². The Bertz CT molecular complexity index is 898. The number of rotatable bonds is 6. The van der Waals surface area contributed by atoms with E-state index in [0.717, 1.165) is 33.9 Å². The summed E-state index contributed by atoms with van der Waals surface area (Å²) in [6.07, 6.45) is 2.02. The van der Waals surface area contributed by atoms with Gasteiger partial charge in [-0.3, -0.25) is 4.79 Å². The van der Waals surface area contributed by atoms with Gasteiger partial charge in [-0.15, -0.1) is 11.3 Å². The molecule has 1 amide bonds. The number of benzene rings is 1. The Morgan fingerprint density at radius 2 is 2.24 bits per heavy atom. The fourth-order valence-electron chi connectivity index (χ4n) is 2.45. The minimum Gasteiger partial charge on any atom is -0.497 e. The third kappa shape index (κ3) is 3.56. The van der Waals surface area contributed by atoms with Gasteiger partial charge in [0.15, 0.2) is 0 Å². The molecule has 0 unspecified atom stereocenters. The first-order valence-corrected chi connectivity index (χ1v) is 8.89. The maximum Gasteiger partial charge on any atom is 0.258 e. The number of hydrogen-bond acceptors (Lipinski definition) is 6. The van der Waals surface area contributed by atoms with Gasteiger partial charge in [-0.05, 0) is 43.2 Å². The lowest BCUT2D eigenvalue weighted by atomic mass is 10.2. The van der Waals surface area contributed by atoms with E-state index in [1.165, 1.54) is 0 Å². The first-order chi connectivity index (χ1) is 12.2. The van der Waals surface area contributed by atoms with Crippen molar-refractivity contribution in [3.8, 4) is 27.9 Å². The largest absolute Gasteiger partial charge is 0.497 e. The molecule has 0 bridgehead atoms. The summed E-state index contributed by atoms with van der Waals surface area (Å²) in [4.78, 5) is 18.2. The number of carbonyl (C=O) groups excluding carboxylic acids is 1. The Balaban J connectivity index is 1.47. The van der Waals surface area contributed by atoms with Gasteiger partial charge in [0.25, 0.3) is 5.89 Å². The van der Waals surface area contributed by atoms with Crippen LogP contribution in [0.15, 0.2) is 40.9 Å². The lowest BCUT2D eigenvalue weighted by Crippen LogP contribution is -2.23. The predicted octanol–water partition coefficient (Wildman–Crippen LogP) is 3.50. The van der Waals surface area contributed by atoms with Gasteiger partial charge < -0.3 is 14.6 Å². The zero-order chi connectivity index (χ0) is 17.2. The number of nitrogens with one attached hydrogen (secondary N) is 1. The highest BCUT2D eigenvalue weighted by molar-refractivity contribution is 7.15. The summed E-state index contributed by atoms with van der Waals surface area (Å²) in [7, 11) is 1.62. The molecule has 1 aliphatic rings. The topological polar surface area (TPSA) is 77.2 Å². The molecule has 0 aliphatic heterocycles. The number of thiophene rings is 1. The minimum absolute atomic E-state index is 0.148. The van der Waals surface area contributed by atoms with Crippen LogP contribution in [0.25, 0.3) is 22.2 Å². The van der Waals surface area contributed by atoms with E-state index >= 15 is 0 Å². The third-order valence-corrected chi connectivity index (χ3v) is 5.09. The molecular weight excluding hydrogens is 338 g/mol. The molecule has 25 heavy (non-hydrogen) atoms. The summed E-state index contributed by atoms with van der Waals surface area (Å²) in [5, 5.41) is 7.02. The van der Waals surface area contributed by atoms with Crippen molar-refractivity contribution in [2.45, 2.75) is 19.4 Å². The minimum atomic E-state index is 0.148. The van der Waals surface area contributed by atoms with E-state index in [9.17, 15) is 4.79 Å². The van der Waals surface area contributed by atoms with E-state index in [4.69, 9.17) is 9.26 Å². The second kappa shape index (κ2) is 6.68. The Morgan fingerprint density at radius 1 is 1.36 bits per heavy atom. The molecule has 128 valence electrons. The normalized spacial score (nSPS) is 13.6. The van der Waals surface area contributed by atoms with Crippen molar-refractivity contribution in [3.63, 3.8) is 0 Å². The second-order valence-electron chi connectivity index (χ2n) is 5.91. The predicted molar refractivity (Wildman–Crippen MR) is 94.2 cm³/mol. The highest BCUT2D eigenvalue weighted by Crippen LogP contribution is 2.31. The molecule has 4 rings (SSSR count). The molecule has 0 spiro atoms. The zero-order valence-electron chi connectivity index (χ0n) is 13.7. The second-order valence-corrected chi connectivity index (χ2v) is 7.08. The van der Waals surface area contributed by atoms with Gasteiger partial charge in [0.05, 0.1) is 18.5 Å². The molecule has 1 aliphatic carbocycles. The maximum absolute atomic E-state index is 11.7. The smallest absolute Gasteiger partial charge is 0.258 e. The Kier molecular flexibility index (Phi) is 4.23. The monoisotopic (exact) mass is 355 g/mol. The summed E-state index contributed by atoms with van der Waals surface area (Å²) >= 11 is 1.55. The van der Waals surface area contributed by atoms with E-state index in [1.54, 1.807) is 18.4 Å². The van der Waals surface area contributed by atoms with Crippen LogP contribution < -0.4 is 10.1 Å². The van der Waals surface area contributed by atoms with Gasteiger partial charge in [-0.25, -0.2) is 0 Å². The van der Waals surface area contributed by atoms with Crippen molar-refractivity contribution in [1.29, 1.82) is 0 Å². The molecule has 1 saturated carbocycles. The molecule has 1 fully saturated rings. The number of methoxy groups -OCH3 is 1. The van der Waals surface area contributed by atoms with Crippen LogP contribution in [0, 0.1) is 5.92 Å². The summed E-state index contributed by atoms with van der Waals surface area (Å²) in [6, 6.07) is 11.4. The molecule has 1 aromatic carbocycles. The van der Waals surface area contributed by atoms with Gasteiger partial charge >= 0.3 is 0 Å². The number of aromatic nitrogens is 2. The number of ether oxygens (including phenoxy) is 1. The Morgan fingerprint density at radius 3 is 3.04 bits per heavy atom. The highest BCUT2D eigenvalue weighted by Gasteiger charge is 2.29. The molecule has 6 nitrogen and oxygen atoms in total. The molecule has 0 atom stereocenters. The summed E-state index contributed by atoms with van der Waals surface area (Å²) in [5.41, 5.74) is 0.812. The zero-order valence-corrected chi connectivity index (χ0v) is 14.5. The van der Waals surface area contributed by atoms with Gasteiger partial charge in [-0.2, -0.15) is 4.98 Å². The van der Waals surface area contributed by atoms with Crippen molar-refractivity contribution >= 4 is 17.2 Å². The maximum atomic E-state index is 11.7. The van der Waals surface area contributed by atoms with Crippen molar-refractivity contribution in [2.24, 2.45) is 5.92 Å². The van der Waals surface area contributed by atoms with Crippen LogP contribution in [0.1, 0.15) is 17.7 Å².